The zero-order chi connectivity index (χ0) is 10.4. The van der Waals surface area contributed by atoms with Crippen molar-refractivity contribution in [1.82, 2.24) is 4.57 Å². The van der Waals surface area contributed by atoms with Crippen molar-refractivity contribution < 1.29 is 4.79 Å². The van der Waals surface area contributed by atoms with Gasteiger partial charge in [0.25, 0.3) is 5.91 Å². The average Bonchev–Trinajstić information content (AvgIpc) is 2.61. The molecule has 1 aromatic heterocycles. The Balaban J connectivity index is 2.48. The Morgan fingerprint density at radius 2 is 2.27 bits per heavy atom. The van der Waals surface area contributed by atoms with Gasteiger partial charge in [-0.15, -0.1) is 0 Å². The molecule has 0 aliphatic carbocycles. The summed E-state index contributed by atoms with van der Waals surface area (Å²) in [5, 5.41) is 0.948. The summed E-state index contributed by atoms with van der Waals surface area (Å²) in [5.74, 6) is -0.369. The molecule has 0 radical (unpaired) electrons. The summed E-state index contributed by atoms with van der Waals surface area (Å²) < 4.78 is 1.97. The molecule has 0 fully saturated rings. The SMILES string of the molecule is NC(=O)c1cn2c3c(cccc13)CC=C2. The van der Waals surface area contributed by atoms with Crippen LogP contribution in [0.1, 0.15) is 15.9 Å². The van der Waals surface area contributed by atoms with Gasteiger partial charge in [0.05, 0.1) is 11.1 Å². The van der Waals surface area contributed by atoms with Crippen LogP contribution in [0.5, 0.6) is 0 Å². The van der Waals surface area contributed by atoms with Crippen molar-refractivity contribution in [3.05, 3.63) is 41.6 Å². The Kier molecular flexibility index (Phi) is 1.51. The average molecular weight is 198 g/mol. The summed E-state index contributed by atoms with van der Waals surface area (Å²) in [6.45, 7) is 0. The van der Waals surface area contributed by atoms with E-state index in [0.29, 0.717) is 5.56 Å². The molecule has 0 saturated carbocycles. The van der Waals surface area contributed by atoms with E-state index < -0.39 is 0 Å². The second-order valence-electron chi connectivity index (χ2n) is 3.72. The highest BCUT2D eigenvalue weighted by atomic mass is 16.1. The van der Waals surface area contributed by atoms with Gasteiger partial charge in [-0.3, -0.25) is 4.79 Å². The normalized spacial score (nSPS) is 13.3. The van der Waals surface area contributed by atoms with Gasteiger partial charge in [-0.2, -0.15) is 0 Å². The monoisotopic (exact) mass is 198 g/mol. The predicted octanol–water partition coefficient (Wildman–Crippen LogP) is 1.77. The molecule has 0 spiro atoms. The van der Waals surface area contributed by atoms with Crippen LogP contribution in [0, 0.1) is 0 Å². The van der Waals surface area contributed by atoms with Gasteiger partial charge in [0.1, 0.15) is 0 Å². The second kappa shape index (κ2) is 2.73. The highest BCUT2D eigenvalue weighted by molar-refractivity contribution is 6.07. The number of aromatic nitrogens is 1. The van der Waals surface area contributed by atoms with E-state index in [9.17, 15) is 4.79 Å². The third-order valence-corrected chi connectivity index (χ3v) is 2.81. The third kappa shape index (κ3) is 1.03. The number of nitrogens with zero attached hydrogens (tertiary/aromatic N) is 1. The maximum Gasteiger partial charge on any atom is 0.250 e. The number of para-hydroxylation sites is 1. The number of amides is 1. The number of hydrogen-bond acceptors (Lipinski definition) is 1. The van der Waals surface area contributed by atoms with Gasteiger partial charge in [0.15, 0.2) is 0 Å². The van der Waals surface area contributed by atoms with Gasteiger partial charge < -0.3 is 10.3 Å². The fourth-order valence-corrected chi connectivity index (χ4v) is 2.16. The fraction of sp³-hybridized carbons (Fsp3) is 0.0833. The third-order valence-electron chi connectivity index (χ3n) is 2.81. The molecule has 15 heavy (non-hydrogen) atoms. The molecule has 2 aromatic rings. The lowest BCUT2D eigenvalue weighted by molar-refractivity contribution is 0.100. The first-order chi connectivity index (χ1) is 7.27. The van der Waals surface area contributed by atoms with Crippen LogP contribution in [0.2, 0.25) is 0 Å². The van der Waals surface area contributed by atoms with Crippen LogP contribution in [0.25, 0.3) is 17.1 Å². The standard InChI is InChI=1S/C12H10N2O/c13-12(15)10-7-14-6-2-4-8-3-1-5-9(10)11(8)14/h1-3,5-7H,4H2,(H2,13,15). The van der Waals surface area contributed by atoms with Gasteiger partial charge >= 0.3 is 0 Å². The van der Waals surface area contributed by atoms with Crippen molar-refractivity contribution in [2.45, 2.75) is 6.42 Å². The lowest BCUT2D eigenvalue weighted by Gasteiger charge is -2.08. The first-order valence-corrected chi connectivity index (χ1v) is 4.86. The van der Waals surface area contributed by atoms with Crippen molar-refractivity contribution in [2.75, 3.05) is 0 Å². The number of primary amides is 1. The molecule has 0 bridgehead atoms. The van der Waals surface area contributed by atoms with Gasteiger partial charge in [-0.05, 0) is 12.0 Å². The van der Waals surface area contributed by atoms with Crippen molar-refractivity contribution in [1.29, 1.82) is 0 Å². The summed E-state index contributed by atoms with van der Waals surface area (Å²) in [4.78, 5) is 11.3. The highest BCUT2D eigenvalue weighted by Gasteiger charge is 2.15. The Bertz CT molecular complexity index is 593. The Labute approximate surface area is 86.8 Å². The molecular weight excluding hydrogens is 188 g/mol. The molecule has 0 unspecified atom stereocenters. The van der Waals surface area contributed by atoms with Gasteiger partial charge in [0, 0.05) is 17.8 Å². The molecule has 1 aliphatic rings. The second-order valence-corrected chi connectivity index (χ2v) is 3.72. The minimum absolute atomic E-state index is 0.369. The minimum atomic E-state index is -0.369. The zero-order valence-corrected chi connectivity index (χ0v) is 8.10. The van der Waals surface area contributed by atoms with E-state index in [0.717, 1.165) is 17.3 Å². The molecule has 3 nitrogen and oxygen atoms in total. The van der Waals surface area contributed by atoms with E-state index in [1.807, 2.05) is 22.9 Å². The first kappa shape index (κ1) is 8.29. The minimum Gasteiger partial charge on any atom is -0.366 e. The van der Waals surface area contributed by atoms with E-state index in [4.69, 9.17) is 5.73 Å². The Hall–Kier alpha value is -2.03. The van der Waals surface area contributed by atoms with E-state index >= 15 is 0 Å². The summed E-state index contributed by atoms with van der Waals surface area (Å²) in [6, 6.07) is 5.98. The summed E-state index contributed by atoms with van der Waals surface area (Å²) in [6.07, 6.45) is 6.76. The number of benzene rings is 1. The molecule has 1 aromatic carbocycles. The van der Waals surface area contributed by atoms with Crippen LogP contribution in [-0.2, 0) is 6.42 Å². The molecule has 0 saturated heterocycles. The van der Waals surface area contributed by atoms with Crippen molar-refractivity contribution in [2.24, 2.45) is 5.73 Å². The molecule has 1 aliphatic heterocycles. The molecule has 3 rings (SSSR count). The number of carbonyl (C=O) groups excluding carboxylic acids is 1. The quantitative estimate of drug-likeness (QED) is 0.745. The van der Waals surface area contributed by atoms with E-state index in [1.54, 1.807) is 6.20 Å². The lowest BCUT2D eigenvalue weighted by atomic mass is 10.1. The smallest absolute Gasteiger partial charge is 0.250 e. The van der Waals surface area contributed by atoms with Gasteiger partial charge in [-0.1, -0.05) is 24.3 Å². The maximum atomic E-state index is 11.3. The molecule has 0 atom stereocenters. The van der Waals surface area contributed by atoms with Crippen LogP contribution in [-0.4, -0.2) is 10.5 Å². The fourth-order valence-electron chi connectivity index (χ4n) is 2.16. The molecule has 74 valence electrons. The lowest BCUT2D eigenvalue weighted by Crippen LogP contribution is -2.09. The van der Waals surface area contributed by atoms with Gasteiger partial charge in [0.2, 0.25) is 0 Å². The van der Waals surface area contributed by atoms with Crippen LogP contribution < -0.4 is 5.73 Å². The highest BCUT2D eigenvalue weighted by Crippen LogP contribution is 2.27. The van der Waals surface area contributed by atoms with Crippen molar-refractivity contribution in [3.63, 3.8) is 0 Å². The van der Waals surface area contributed by atoms with Crippen LogP contribution in [0.15, 0.2) is 30.5 Å². The molecule has 1 amide bonds. The predicted molar refractivity (Wildman–Crippen MR) is 59.5 cm³/mol. The molecule has 3 heteroatoms. The van der Waals surface area contributed by atoms with Crippen LogP contribution in [0.4, 0.5) is 0 Å². The largest absolute Gasteiger partial charge is 0.366 e. The summed E-state index contributed by atoms with van der Waals surface area (Å²) >= 11 is 0. The molecule has 2 heterocycles. The molecular formula is C12H10N2O. The topological polar surface area (TPSA) is 48.0 Å². The van der Waals surface area contributed by atoms with Crippen LogP contribution in [0.3, 0.4) is 0 Å². The first-order valence-electron chi connectivity index (χ1n) is 4.86. The number of nitrogens with two attached hydrogens (primary N) is 1. The summed E-state index contributed by atoms with van der Waals surface area (Å²) in [7, 11) is 0. The maximum absolute atomic E-state index is 11.3. The van der Waals surface area contributed by atoms with Crippen LogP contribution >= 0.6 is 0 Å². The van der Waals surface area contributed by atoms with E-state index in [1.165, 1.54) is 5.56 Å². The number of allylic oxidation sites excluding steroid dienone is 1. The number of rotatable bonds is 1. The Morgan fingerprint density at radius 1 is 1.40 bits per heavy atom. The van der Waals surface area contributed by atoms with Crippen molar-refractivity contribution >= 4 is 23.0 Å². The molecule has 2 N–H and O–H groups in total. The number of carbonyl (C=O) groups is 1. The van der Waals surface area contributed by atoms with E-state index in [-0.39, 0.29) is 5.91 Å². The van der Waals surface area contributed by atoms with Gasteiger partial charge in [-0.25, -0.2) is 0 Å². The Morgan fingerprint density at radius 3 is 3.07 bits per heavy atom. The van der Waals surface area contributed by atoms with E-state index in [2.05, 4.69) is 12.1 Å². The number of hydrogen-bond donors (Lipinski definition) is 1. The summed E-state index contributed by atoms with van der Waals surface area (Å²) in [5.41, 5.74) is 8.28. The zero-order valence-electron chi connectivity index (χ0n) is 8.10. The van der Waals surface area contributed by atoms with Crippen molar-refractivity contribution in [3.8, 4) is 0 Å².